The maximum Gasteiger partial charge on any atom is 0.285 e. The molecule has 1 heterocycles. The average Bonchev–Trinajstić information content (AvgIpc) is 2.99. The van der Waals surface area contributed by atoms with E-state index in [0.29, 0.717) is 23.3 Å². The van der Waals surface area contributed by atoms with Crippen molar-refractivity contribution < 1.29 is 23.1 Å². The fraction of sp³-hybridized carbons (Fsp3) is 0.211. The van der Waals surface area contributed by atoms with Gasteiger partial charge in [0.25, 0.3) is 5.91 Å². The number of halogens is 1. The molecule has 30 heavy (non-hydrogen) atoms. The number of aromatic nitrogens is 1. The van der Waals surface area contributed by atoms with E-state index in [-0.39, 0.29) is 17.3 Å². The number of sulfonamides is 1. The first-order valence-electron chi connectivity index (χ1n) is 8.85. The number of nitrogens with one attached hydrogen (secondary N) is 1. The van der Waals surface area contributed by atoms with E-state index in [4.69, 9.17) is 4.74 Å². The Morgan fingerprint density at radius 3 is 2.70 bits per heavy atom. The van der Waals surface area contributed by atoms with Crippen LogP contribution in [0.25, 0.3) is 10.9 Å². The Bertz CT molecular complexity index is 1220. The van der Waals surface area contributed by atoms with Crippen LogP contribution in [0.2, 0.25) is 0 Å². The molecule has 0 radical (unpaired) electrons. The van der Waals surface area contributed by atoms with Gasteiger partial charge in [-0.1, -0.05) is 28.1 Å². The van der Waals surface area contributed by atoms with E-state index >= 15 is 0 Å². The number of aromatic amines is 1. The number of fused-ring (bicyclic) bond motifs is 1. The quantitative estimate of drug-likeness (QED) is 0.478. The fourth-order valence-corrected chi connectivity index (χ4v) is 4.03. The molecule has 0 aliphatic heterocycles. The molecular weight excluding hydrogens is 476 g/mol. The Kier molecular flexibility index (Phi) is 6.42. The summed E-state index contributed by atoms with van der Waals surface area (Å²) in [6.45, 7) is 1.53. The van der Waals surface area contributed by atoms with Gasteiger partial charge in [0.15, 0.2) is 5.69 Å². The van der Waals surface area contributed by atoms with E-state index in [9.17, 15) is 18.3 Å². The molecule has 0 saturated carbocycles. The molecule has 0 aliphatic carbocycles. The summed E-state index contributed by atoms with van der Waals surface area (Å²) in [5, 5.41) is 18.1. The molecule has 3 aromatic rings. The lowest BCUT2D eigenvalue weighted by Crippen LogP contribution is -2.34. The van der Waals surface area contributed by atoms with Crippen LogP contribution in [0.1, 0.15) is 6.92 Å². The van der Waals surface area contributed by atoms with E-state index in [1.165, 1.54) is 0 Å². The third-order valence-corrected chi connectivity index (χ3v) is 5.71. The number of H-pyrrole nitrogens is 1. The summed E-state index contributed by atoms with van der Waals surface area (Å²) in [7, 11) is -3.81. The van der Waals surface area contributed by atoms with E-state index in [0.717, 1.165) is 15.0 Å². The van der Waals surface area contributed by atoms with Crippen molar-refractivity contribution in [2.75, 3.05) is 23.7 Å². The Morgan fingerprint density at radius 1 is 1.27 bits per heavy atom. The van der Waals surface area contributed by atoms with Gasteiger partial charge in [-0.2, -0.15) is 0 Å². The molecule has 3 rings (SSSR count). The topological polar surface area (TPSA) is 124 Å². The van der Waals surface area contributed by atoms with Crippen molar-refractivity contribution in [1.82, 2.24) is 4.98 Å². The summed E-state index contributed by atoms with van der Waals surface area (Å²) in [6.07, 6.45) is 0.989. The molecule has 0 bridgehead atoms. The number of ether oxygens (including phenoxy) is 1. The molecule has 2 N–H and O–H groups in total. The first kappa shape index (κ1) is 21.8. The molecule has 0 spiro atoms. The summed E-state index contributed by atoms with van der Waals surface area (Å²) in [6, 6.07) is 11.7. The Labute approximate surface area is 181 Å². The molecule has 9 nitrogen and oxygen atoms in total. The second-order valence-corrected chi connectivity index (χ2v) is 9.10. The maximum atomic E-state index is 12.4. The number of carbonyl (C=O) groups is 1. The average molecular weight is 495 g/mol. The molecule has 0 aliphatic rings. The number of azo groups is 1. The van der Waals surface area contributed by atoms with Gasteiger partial charge in [0.1, 0.15) is 12.3 Å². The Balaban J connectivity index is 1.90. The zero-order valence-corrected chi connectivity index (χ0v) is 18.6. The van der Waals surface area contributed by atoms with Crippen LogP contribution in [0.3, 0.4) is 0 Å². The van der Waals surface area contributed by atoms with E-state index in [1.54, 1.807) is 49.4 Å². The highest BCUT2D eigenvalue weighted by molar-refractivity contribution is 9.10. The SMILES string of the molecule is CCOc1ccccc1N(CC(=O)N=Nc1c(O)[nH]c2ccc(Br)cc12)S(C)(=O)=O. The second kappa shape index (κ2) is 8.84. The van der Waals surface area contributed by atoms with Gasteiger partial charge in [-0.3, -0.25) is 9.10 Å². The van der Waals surface area contributed by atoms with Gasteiger partial charge >= 0.3 is 0 Å². The highest BCUT2D eigenvalue weighted by Crippen LogP contribution is 2.37. The summed E-state index contributed by atoms with van der Waals surface area (Å²) < 4.78 is 31.8. The molecule has 0 unspecified atom stereocenters. The van der Waals surface area contributed by atoms with Gasteiger partial charge in [0.2, 0.25) is 15.9 Å². The summed E-state index contributed by atoms with van der Waals surface area (Å²) in [5.74, 6) is -0.730. The van der Waals surface area contributed by atoms with Crippen molar-refractivity contribution in [2.45, 2.75) is 6.92 Å². The van der Waals surface area contributed by atoms with Gasteiger partial charge in [-0.25, -0.2) is 8.42 Å². The standard InChI is InChI=1S/C19H19BrN4O5S/c1-3-29-16-7-5-4-6-15(16)24(30(2,27)28)11-17(25)22-23-18-13-10-12(20)8-9-14(13)21-19(18)26/h4-10,21,26H,3,11H2,1-2H3. The molecule has 0 saturated heterocycles. The molecule has 0 atom stereocenters. The lowest BCUT2D eigenvalue weighted by atomic mass is 10.2. The highest BCUT2D eigenvalue weighted by atomic mass is 79.9. The summed E-state index contributed by atoms with van der Waals surface area (Å²) >= 11 is 3.34. The van der Waals surface area contributed by atoms with E-state index in [2.05, 4.69) is 31.1 Å². The number of anilines is 1. The first-order chi connectivity index (χ1) is 14.2. The lowest BCUT2D eigenvalue weighted by Gasteiger charge is -2.22. The van der Waals surface area contributed by atoms with Gasteiger partial charge in [0, 0.05) is 9.86 Å². The van der Waals surface area contributed by atoms with Crippen LogP contribution in [0.5, 0.6) is 11.6 Å². The molecule has 158 valence electrons. The third kappa shape index (κ3) is 4.79. The number of hydrogen-bond donors (Lipinski definition) is 2. The van der Waals surface area contributed by atoms with E-state index in [1.807, 2.05) is 0 Å². The van der Waals surface area contributed by atoms with Gasteiger partial charge in [-0.15, -0.1) is 10.2 Å². The smallest absolute Gasteiger partial charge is 0.285 e. The minimum absolute atomic E-state index is 0.0836. The van der Waals surface area contributed by atoms with Gasteiger partial charge in [0.05, 0.1) is 24.1 Å². The number of para-hydroxylation sites is 2. The molecule has 2 aromatic carbocycles. The van der Waals surface area contributed by atoms with Crippen LogP contribution < -0.4 is 9.04 Å². The Hall–Kier alpha value is -2.92. The molecule has 1 aromatic heterocycles. The summed E-state index contributed by atoms with van der Waals surface area (Å²) in [4.78, 5) is 15.2. The predicted molar refractivity (Wildman–Crippen MR) is 117 cm³/mol. The largest absolute Gasteiger partial charge is 0.493 e. The van der Waals surface area contributed by atoms with Crippen LogP contribution in [0.4, 0.5) is 11.4 Å². The van der Waals surface area contributed by atoms with Crippen molar-refractivity contribution in [3.05, 3.63) is 46.9 Å². The lowest BCUT2D eigenvalue weighted by molar-refractivity contribution is -0.116. The number of benzene rings is 2. The zero-order valence-electron chi connectivity index (χ0n) is 16.2. The summed E-state index contributed by atoms with van der Waals surface area (Å²) in [5.41, 5.74) is 0.921. The van der Waals surface area contributed by atoms with Crippen molar-refractivity contribution in [1.29, 1.82) is 0 Å². The van der Waals surface area contributed by atoms with Crippen molar-refractivity contribution in [3.8, 4) is 11.6 Å². The molecule has 1 amide bonds. The minimum Gasteiger partial charge on any atom is -0.493 e. The molecule has 0 fully saturated rings. The van der Waals surface area contributed by atoms with Gasteiger partial charge in [-0.05, 0) is 37.3 Å². The first-order valence-corrected chi connectivity index (χ1v) is 11.5. The van der Waals surface area contributed by atoms with Crippen LogP contribution in [-0.2, 0) is 14.8 Å². The van der Waals surface area contributed by atoms with Crippen LogP contribution >= 0.6 is 15.9 Å². The number of amides is 1. The van der Waals surface area contributed by atoms with Crippen molar-refractivity contribution in [2.24, 2.45) is 10.2 Å². The van der Waals surface area contributed by atoms with Crippen molar-refractivity contribution in [3.63, 3.8) is 0 Å². The minimum atomic E-state index is -3.81. The van der Waals surface area contributed by atoms with Crippen LogP contribution in [0.15, 0.2) is 57.2 Å². The zero-order chi connectivity index (χ0) is 21.9. The maximum absolute atomic E-state index is 12.4. The second-order valence-electron chi connectivity index (χ2n) is 6.28. The van der Waals surface area contributed by atoms with Crippen molar-refractivity contribution >= 4 is 54.1 Å². The number of nitrogens with zero attached hydrogens (tertiary/aromatic N) is 3. The number of aromatic hydroxyl groups is 1. The number of rotatable bonds is 7. The predicted octanol–water partition coefficient (Wildman–Crippen LogP) is 4.11. The van der Waals surface area contributed by atoms with Crippen LogP contribution in [0, 0.1) is 0 Å². The van der Waals surface area contributed by atoms with Crippen LogP contribution in [-0.4, -0.2) is 43.8 Å². The number of hydrogen-bond acceptors (Lipinski definition) is 6. The normalized spacial score (nSPS) is 11.8. The number of carbonyl (C=O) groups excluding carboxylic acids is 1. The van der Waals surface area contributed by atoms with Gasteiger partial charge < -0.3 is 14.8 Å². The molecular formula is C19H19BrN4O5S. The monoisotopic (exact) mass is 494 g/mol. The fourth-order valence-electron chi connectivity index (χ4n) is 2.82. The molecule has 11 heteroatoms. The third-order valence-electron chi connectivity index (χ3n) is 4.09. The highest BCUT2D eigenvalue weighted by Gasteiger charge is 2.24. The van der Waals surface area contributed by atoms with E-state index < -0.39 is 22.5 Å². The Morgan fingerprint density at radius 2 is 2.00 bits per heavy atom.